The average molecular weight is 317 g/mol. The van der Waals surface area contributed by atoms with Gasteiger partial charge in [0.1, 0.15) is 5.60 Å². The largest absolute Gasteiger partial charge is 0.460 e. The SMILES string of the molecule is CC(C)(C)OC(=O)C[C@@H]1C[C@H](CC#N)O[C@@H](c2ccccc2)O1. The van der Waals surface area contributed by atoms with Crippen LogP contribution in [-0.4, -0.2) is 23.8 Å². The highest BCUT2D eigenvalue weighted by atomic mass is 16.7. The Morgan fingerprint density at radius 2 is 1.91 bits per heavy atom. The Hall–Kier alpha value is -1.90. The first-order valence-electron chi connectivity index (χ1n) is 7.82. The van der Waals surface area contributed by atoms with Crippen molar-refractivity contribution < 1.29 is 19.0 Å². The van der Waals surface area contributed by atoms with Crippen molar-refractivity contribution >= 4 is 5.97 Å². The standard InChI is InChI=1S/C18H23NO4/c1-18(2,3)23-16(20)12-15-11-14(9-10-19)21-17(22-15)13-7-5-4-6-8-13/h4-8,14-15,17H,9,11-12H2,1-3H3/t14-,15-,17+/m0/s1. The molecule has 0 aromatic heterocycles. The van der Waals surface area contributed by atoms with Crippen LogP contribution < -0.4 is 0 Å². The molecule has 1 aliphatic rings. The van der Waals surface area contributed by atoms with Crippen LogP contribution >= 0.6 is 0 Å². The van der Waals surface area contributed by atoms with Crippen LogP contribution in [0.3, 0.4) is 0 Å². The van der Waals surface area contributed by atoms with E-state index in [-0.39, 0.29) is 31.0 Å². The van der Waals surface area contributed by atoms with Crippen molar-refractivity contribution in [2.45, 2.75) is 64.1 Å². The quantitative estimate of drug-likeness (QED) is 0.795. The van der Waals surface area contributed by atoms with Crippen LogP contribution in [-0.2, 0) is 19.0 Å². The molecule has 0 unspecified atom stereocenters. The lowest BCUT2D eigenvalue weighted by molar-refractivity contribution is -0.248. The molecule has 1 saturated heterocycles. The maximum Gasteiger partial charge on any atom is 0.308 e. The Kier molecular flexibility index (Phi) is 5.75. The molecular weight excluding hydrogens is 294 g/mol. The van der Waals surface area contributed by atoms with Gasteiger partial charge in [-0.15, -0.1) is 0 Å². The van der Waals surface area contributed by atoms with Gasteiger partial charge < -0.3 is 14.2 Å². The summed E-state index contributed by atoms with van der Waals surface area (Å²) in [5.41, 5.74) is 0.358. The highest BCUT2D eigenvalue weighted by Crippen LogP contribution is 2.32. The van der Waals surface area contributed by atoms with Crippen molar-refractivity contribution in [3.8, 4) is 6.07 Å². The summed E-state index contributed by atoms with van der Waals surface area (Å²) < 4.78 is 17.1. The maximum absolute atomic E-state index is 12.0. The number of ether oxygens (including phenoxy) is 3. The molecule has 0 spiro atoms. The van der Waals surface area contributed by atoms with Gasteiger partial charge in [-0.1, -0.05) is 30.3 Å². The van der Waals surface area contributed by atoms with Gasteiger partial charge in [0.15, 0.2) is 6.29 Å². The topological polar surface area (TPSA) is 68.6 Å². The number of rotatable bonds is 4. The maximum atomic E-state index is 12.0. The molecule has 1 aromatic carbocycles. The van der Waals surface area contributed by atoms with Gasteiger partial charge in [0.05, 0.1) is 31.1 Å². The molecule has 1 aliphatic heterocycles. The molecule has 3 atom stereocenters. The Bertz CT molecular complexity index is 559. The number of benzene rings is 1. The Balaban J connectivity index is 2.04. The van der Waals surface area contributed by atoms with Crippen molar-refractivity contribution in [1.29, 1.82) is 5.26 Å². The van der Waals surface area contributed by atoms with E-state index in [9.17, 15) is 4.79 Å². The highest BCUT2D eigenvalue weighted by molar-refractivity contribution is 5.70. The molecule has 5 nitrogen and oxygen atoms in total. The summed E-state index contributed by atoms with van der Waals surface area (Å²) in [5, 5.41) is 8.93. The van der Waals surface area contributed by atoms with Crippen molar-refractivity contribution in [3.05, 3.63) is 35.9 Å². The van der Waals surface area contributed by atoms with Crippen LogP contribution in [0.1, 0.15) is 51.9 Å². The second-order valence-electron chi connectivity index (χ2n) is 6.65. The van der Waals surface area contributed by atoms with E-state index in [0.29, 0.717) is 6.42 Å². The van der Waals surface area contributed by atoms with Gasteiger partial charge >= 0.3 is 5.97 Å². The average Bonchev–Trinajstić information content (AvgIpc) is 2.46. The minimum atomic E-state index is -0.560. The van der Waals surface area contributed by atoms with Gasteiger partial charge in [0.25, 0.3) is 0 Å². The van der Waals surface area contributed by atoms with E-state index in [2.05, 4.69) is 6.07 Å². The third kappa shape index (κ3) is 5.66. The number of nitriles is 1. The summed E-state index contributed by atoms with van der Waals surface area (Å²) in [4.78, 5) is 12.0. The van der Waals surface area contributed by atoms with Gasteiger partial charge in [0, 0.05) is 12.0 Å². The zero-order valence-electron chi connectivity index (χ0n) is 13.8. The number of carbonyl (C=O) groups is 1. The minimum Gasteiger partial charge on any atom is -0.460 e. The van der Waals surface area contributed by atoms with Crippen LogP contribution in [0, 0.1) is 11.3 Å². The fraction of sp³-hybridized carbons (Fsp3) is 0.556. The third-order valence-electron chi connectivity index (χ3n) is 3.36. The van der Waals surface area contributed by atoms with Crippen molar-refractivity contribution in [1.82, 2.24) is 0 Å². The predicted octanol–water partition coefficient (Wildman–Crippen LogP) is 3.50. The van der Waals surface area contributed by atoms with E-state index in [1.54, 1.807) is 0 Å². The van der Waals surface area contributed by atoms with Crippen LogP contribution in [0.25, 0.3) is 0 Å². The molecule has 1 aromatic rings. The van der Waals surface area contributed by atoms with Crippen molar-refractivity contribution in [3.63, 3.8) is 0 Å². The van der Waals surface area contributed by atoms with E-state index in [4.69, 9.17) is 19.5 Å². The summed E-state index contributed by atoms with van der Waals surface area (Å²) in [6.45, 7) is 5.50. The zero-order chi connectivity index (χ0) is 16.9. The monoisotopic (exact) mass is 317 g/mol. The van der Waals surface area contributed by atoms with Crippen LogP contribution in [0.4, 0.5) is 0 Å². The first-order chi connectivity index (χ1) is 10.9. The predicted molar refractivity (Wildman–Crippen MR) is 84.2 cm³/mol. The summed E-state index contributed by atoms with van der Waals surface area (Å²) >= 11 is 0. The van der Waals surface area contributed by atoms with Gasteiger partial charge in [-0.05, 0) is 20.8 Å². The van der Waals surface area contributed by atoms with Crippen molar-refractivity contribution in [2.24, 2.45) is 0 Å². The summed E-state index contributed by atoms with van der Waals surface area (Å²) in [6.07, 6.45) is -0.177. The van der Waals surface area contributed by atoms with Crippen LogP contribution in [0.5, 0.6) is 0 Å². The Morgan fingerprint density at radius 1 is 1.26 bits per heavy atom. The van der Waals surface area contributed by atoms with Gasteiger partial charge in [-0.2, -0.15) is 5.26 Å². The minimum absolute atomic E-state index is 0.159. The highest BCUT2D eigenvalue weighted by Gasteiger charge is 2.33. The van der Waals surface area contributed by atoms with E-state index >= 15 is 0 Å². The molecule has 1 heterocycles. The van der Waals surface area contributed by atoms with Gasteiger partial charge in [-0.3, -0.25) is 4.79 Å². The Morgan fingerprint density at radius 3 is 2.52 bits per heavy atom. The molecule has 0 aliphatic carbocycles. The molecule has 5 heteroatoms. The fourth-order valence-corrected chi connectivity index (χ4v) is 2.49. The lowest BCUT2D eigenvalue weighted by Gasteiger charge is -2.35. The van der Waals surface area contributed by atoms with Crippen LogP contribution in [0.15, 0.2) is 30.3 Å². The van der Waals surface area contributed by atoms with E-state index in [0.717, 1.165) is 5.56 Å². The van der Waals surface area contributed by atoms with E-state index < -0.39 is 11.9 Å². The smallest absolute Gasteiger partial charge is 0.308 e. The third-order valence-corrected chi connectivity index (χ3v) is 3.36. The number of hydrogen-bond donors (Lipinski definition) is 0. The number of nitrogens with zero attached hydrogens (tertiary/aromatic N) is 1. The molecule has 2 rings (SSSR count). The first kappa shape index (κ1) is 17.5. The lowest BCUT2D eigenvalue weighted by atomic mass is 10.0. The normalized spacial score (nSPS) is 24.7. The Labute approximate surface area is 137 Å². The number of esters is 1. The van der Waals surface area contributed by atoms with Crippen LogP contribution in [0.2, 0.25) is 0 Å². The van der Waals surface area contributed by atoms with Crippen molar-refractivity contribution in [2.75, 3.05) is 0 Å². The molecule has 23 heavy (non-hydrogen) atoms. The molecule has 0 saturated carbocycles. The summed E-state index contributed by atoms with van der Waals surface area (Å²) in [5.74, 6) is -0.299. The first-order valence-corrected chi connectivity index (χ1v) is 7.82. The van der Waals surface area contributed by atoms with E-state index in [1.807, 2.05) is 51.1 Å². The fourth-order valence-electron chi connectivity index (χ4n) is 2.49. The molecule has 0 radical (unpaired) electrons. The van der Waals surface area contributed by atoms with Gasteiger partial charge in [0.2, 0.25) is 0 Å². The molecule has 1 fully saturated rings. The molecular formula is C18H23NO4. The number of hydrogen-bond acceptors (Lipinski definition) is 5. The lowest BCUT2D eigenvalue weighted by Crippen LogP contribution is -2.36. The van der Waals surface area contributed by atoms with Gasteiger partial charge in [-0.25, -0.2) is 0 Å². The molecule has 0 bridgehead atoms. The summed E-state index contributed by atoms with van der Waals surface area (Å²) in [7, 11) is 0. The molecule has 124 valence electrons. The second kappa shape index (κ2) is 7.58. The molecule has 0 N–H and O–H groups in total. The zero-order valence-corrected chi connectivity index (χ0v) is 13.8. The summed E-state index contributed by atoms with van der Waals surface area (Å²) in [6, 6.07) is 11.7. The van der Waals surface area contributed by atoms with E-state index in [1.165, 1.54) is 0 Å². The number of carbonyl (C=O) groups excluding carboxylic acids is 1. The second-order valence-corrected chi connectivity index (χ2v) is 6.65. The molecule has 0 amide bonds.